The predicted octanol–water partition coefficient (Wildman–Crippen LogP) is 5.02. The van der Waals surface area contributed by atoms with Crippen molar-refractivity contribution < 1.29 is 13.5 Å². The minimum atomic E-state index is -0.539. The fourth-order valence-electron chi connectivity index (χ4n) is 3.49. The van der Waals surface area contributed by atoms with Crippen molar-refractivity contribution >= 4 is 5.69 Å². The van der Waals surface area contributed by atoms with Crippen LogP contribution in [-0.4, -0.2) is 69.3 Å². The first kappa shape index (κ1) is 25.6. The molecule has 1 aromatic carbocycles. The Morgan fingerprint density at radius 3 is 2.07 bits per heavy atom. The average molecular weight is 414 g/mol. The fourth-order valence-corrected chi connectivity index (χ4v) is 3.49. The summed E-state index contributed by atoms with van der Waals surface area (Å²) in [5.74, 6) is -0.807. The van der Waals surface area contributed by atoms with Gasteiger partial charge in [-0.3, -0.25) is 4.90 Å². The second kappa shape index (κ2) is 14.6. The molecule has 1 aromatic rings. The molecule has 1 aliphatic rings. The molecule has 0 spiro atoms. The number of likely N-dealkylation sites (N-methyl/N-ethyl adjacent to an activating group) is 1. The molecule has 6 heteroatoms. The summed E-state index contributed by atoms with van der Waals surface area (Å²) in [6.45, 7) is 14.5. The third kappa shape index (κ3) is 8.87. The molecule has 0 bridgehead atoms. The maximum atomic E-state index is 14.5. The molecule has 0 N–H and O–H groups in total. The van der Waals surface area contributed by atoms with Gasteiger partial charge in [-0.25, -0.2) is 8.78 Å². The molecule has 1 fully saturated rings. The van der Waals surface area contributed by atoms with E-state index in [1.807, 2.05) is 20.9 Å². The Balaban J connectivity index is 0.00000204. The summed E-state index contributed by atoms with van der Waals surface area (Å²) >= 11 is 0. The highest BCUT2D eigenvalue weighted by Crippen LogP contribution is 2.29. The van der Waals surface area contributed by atoms with E-state index in [9.17, 15) is 8.78 Å². The highest BCUT2D eigenvalue weighted by atomic mass is 19.1. The van der Waals surface area contributed by atoms with Gasteiger partial charge in [0.25, 0.3) is 0 Å². The van der Waals surface area contributed by atoms with Gasteiger partial charge in [-0.1, -0.05) is 40.5 Å². The van der Waals surface area contributed by atoms with Crippen LogP contribution in [0.3, 0.4) is 0 Å². The summed E-state index contributed by atoms with van der Waals surface area (Å²) in [6.07, 6.45) is 4.70. The number of nitrogens with zero attached hydrogens (tertiary/aromatic N) is 3. The Bertz CT molecular complexity index is 540. The van der Waals surface area contributed by atoms with E-state index in [-0.39, 0.29) is 11.4 Å². The number of hydrogen-bond acceptors (Lipinski definition) is 4. The lowest BCUT2D eigenvalue weighted by Crippen LogP contribution is -2.45. The Labute approximate surface area is 176 Å². The Kier molecular flexibility index (Phi) is 12.9. The van der Waals surface area contributed by atoms with E-state index < -0.39 is 11.6 Å². The zero-order chi connectivity index (χ0) is 21.6. The molecule has 2 rings (SSSR count). The smallest absolute Gasteiger partial charge is 0.153 e. The molecular formula is C23H41F2N3O. The van der Waals surface area contributed by atoms with Crippen LogP contribution in [-0.2, 0) is 0 Å². The van der Waals surface area contributed by atoms with Crippen LogP contribution in [0.15, 0.2) is 12.1 Å². The zero-order valence-electron chi connectivity index (χ0n) is 19.1. The molecular weight excluding hydrogens is 372 g/mol. The summed E-state index contributed by atoms with van der Waals surface area (Å²) in [7, 11) is 2.02. The molecule has 0 amide bonds. The summed E-state index contributed by atoms with van der Waals surface area (Å²) in [4.78, 5) is 6.30. The first-order valence-corrected chi connectivity index (χ1v) is 11.3. The maximum absolute atomic E-state index is 14.5. The van der Waals surface area contributed by atoms with Gasteiger partial charge in [0.1, 0.15) is 18.0 Å². The van der Waals surface area contributed by atoms with Crippen LogP contribution in [0.1, 0.15) is 53.4 Å². The first-order valence-electron chi connectivity index (χ1n) is 11.3. The fraction of sp³-hybridized carbons (Fsp3) is 0.739. The second-order valence-corrected chi connectivity index (χ2v) is 7.42. The molecule has 0 radical (unpaired) electrons. The van der Waals surface area contributed by atoms with Gasteiger partial charge < -0.3 is 14.5 Å². The molecule has 0 atom stereocenters. The van der Waals surface area contributed by atoms with E-state index in [1.54, 1.807) is 4.90 Å². The minimum Gasteiger partial charge on any atom is -0.492 e. The van der Waals surface area contributed by atoms with Crippen molar-refractivity contribution in [3.63, 3.8) is 0 Å². The van der Waals surface area contributed by atoms with Gasteiger partial charge in [0.2, 0.25) is 0 Å². The lowest BCUT2D eigenvalue weighted by Gasteiger charge is -2.34. The van der Waals surface area contributed by atoms with E-state index in [4.69, 9.17) is 4.74 Å². The molecule has 1 heterocycles. The molecule has 1 saturated heterocycles. The number of benzene rings is 1. The molecule has 0 aromatic heterocycles. The van der Waals surface area contributed by atoms with Gasteiger partial charge in [-0.2, -0.15) is 0 Å². The number of ether oxygens (including phenoxy) is 1. The van der Waals surface area contributed by atoms with Gasteiger partial charge in [0, 0.05) is 44.9 Å². The number of rotatable bonds is 11. The third-order valence-corrected chi connectivity index (χ3v) is 5.10. The van der Waals surface area contributed by atoms with E-state index in [0.29, 0.717) is 19.7 Å². The van der Waals surface area contributed by atoms with E-state index in [0.717, 1.165) is 39.1 Å². The molecule has 29 heavy (non-hydrogen) atoms. The summed E-state index contributed by atoms with van der Waals surface area (Å²) in [5.41, 5.74) is 0.0719. The average Bonchev–Trinajstić information content (AvgIpc) is 2.71. The van der Waals surface area contributed by atoms with Gasteiger partial charge >= 0.3 is 0 Å². The number of hydrogen-bond donors (Lipinski definition) is 0. The van der Waals surface area contributed by atoms with E-state index in [2.05, 4.69) is 23.6 Å². The summed E-state index contributed by atoms with van der Waals surface area (Å²) in [5, 5.41) is 0. The van der Waals surface area contributed by atoms with E-state index in [1.165, 1.54) is 31.4 Å². The van der Waals surface area contributed by atoms with Gasteiger partial charge in [-0.15, -0.1) is 0 Å². The van der Waals surface area contributed by atoms with Crippen LogP contribution in [0.2, 0.25) is 0 Å². The van der Waals surface area contributed by atoms with Crippen molar-refractivity contribution in [3.8, 4) is 5.75 Å². The standard InChI is InChI=1S/C21H35F2N3O.C2H6/c1-4-6-7-9-25(8-5-2)14-15-27-18-16-19(22)21(20(23)17-18)26-12-10-24(3)11-13-26;1-2/h16-17H,4-15H2,1-3H3;1-2H3. The first-order chi connectivity index (χ1) is 14.0. The SMILES string of the molecule is CC.CCCCCN(CCC)CCOc1cc(F)c(N2CCN(C)CC2)c(F)c1. The quantitative estimate of drug-likeness (QED) is 0.474. The molecule has 168 valence electrons. The van der Waals surface area contributed by atoms with Gasteiger partial charge in [0.05, 0.1) is 0 Å². The lowest BCUT2D eigenvalue weighted by atomic mass is 10.2. The van der Waals surface area contributed by atoms with Crippen LogP contribution in [0.4, 0.5) is 14.5 Å². The monoisotopic (exact) mass is 413 g/mol. The van der Waals surface area contributed by atoms with E-state index >= 15 is 0 Å². The highest BCUT2D eigenvalue weighted by Gasteiger charge is 2.22. The molecule has 4 nitrogen and oxygen atoms in total. The summed E-state index contributed by atoms with van der Waals surface area (Å²) in [6, 6.07) is 2.63. The molecule has 0 saturated carbocycles. The highest BCUT2D eigenvalue weighted by molar-refractivity contribution is 5.52. The molecule has 0 unspecified atom stereocenters. The molecule has 1 aliphatic heterocycles. The number of halogens is 2. The predicted molar refractivity (Wildman–Crippen MR) is 119 cm³/mol. The second-order valence-electron chi connectivity index (χ2n) is 7.42. The lowest BCUT2D eigenvalue weighted by molar-refractivity contribution is 0.205. The van der Waals surface area contributed by atoms with Crippen LogP contribution >= 0.6 is 0 Å². The number of unbranched alkanes of at least 4 members (excludes halogenated alkanes) is 2. The number of piperazine rings is 1. The van der Waals surface area contributed by atoms with Crippen molar-refractivity contribution in [2.24, 2.45) is 0 Å². The Morgan fingerprint density at radius 2 is 1.52 bits per heavy atom. The van der Waals surface area contributed by atoms with Crippen molar-refractivity contribution in [3.05, 3.63) is 23.8 Å². The van der Waals surface area contributed by atoms with Crippen molar-refractivity contribution in [2.75, 3.05) is 64.4 Å². The van der Waals surface area contributed by atoms with Gasteiger partial charge in [0.15, 0.2) is 11.6 Å². The van der Waals surface area contributed by atoms with Crippen LogP contribution in [0, 0.1) is 11.6 Å². The van der Waals surface area contributed by atoms with Crippen LogP contribution in [0.25, 0.3) is 0 Å². The Morgan fingerprint density at radius 1 is 0.897 bits per heavy atom. The van der Waals surface area contributed by atoms with Crippen molar-refractivity contribution in [1.29, 1.82) is 0 Å². The zero-order valence-corrected chi connectivity index (χ0v) is 19.1. The minimum absolute atomic E-state index is 0.0719. The normalized spacial score (nSPS) is 14.7. The van der Waals surface area contributed by atoms with Crippen LogP contribution < -0.4 is 9.64 Å². The third-order valence-electron chi connectivity index (χ3n) is 5.10. The largest absolute Gasteiger partial charge is 0.492 e. The van der Waals surface area contributed by atoms with Gasteiger partial charge in [-0.05, 0) is 33.0 Å². The maximum Gasteiger partial charge on any atom is 0.153 e. The van der Waals surface area contributed by atoms with Crippen molar-refractivity contribution in [1.82, 2.24) is 9.80 Å². The topological polar surface area (TPSA) is 19.0 Å². The van der Waals surface area contributed by atoms with Crippen LogP contribution in [0.5, 0.6) is 5.75 Å². The summed E-state index contributed by atoms with van der Waals surface area (Å²) < 4.78 is 34.7. The Hall–Kier alpha value is -1.40. The van der Waals surface area contributed by atoms with Crippen molar-refractivity contribution in [2.45, 2.75) is 53.4 Å². The number of anilines is 1. The molecule has 0 aliphatic carbocycles.